The molecular weight excluding hydrogens is 262 g/mol. The lowest BCUT2D eigenvalue weighted by atomic mass is 10.1. The van der Waals surface area contributed by atoms with Gasteiger partial charge in [-0.3, -0.25) is 5.43 Å². The van der Waals surface area contributed by atoms with E-state index in [0.717, 1.165) is 17.0 Å². The first kappa shape index (κ1) is 13.4. The summed E-state index contributed by atoms with van der Waals surface area (Å²) in [5.41, 5.74) is 4.73. The topological polar surface area (TPSA) is 46.5 Å². The van der Waals surface area contributed by atoms with Crippen molar-refractivity contribution in [3.8, 4) is 5.75 Å². The van der Waals surface area contributed by atoms with E-state index in [2.05, 4.69) is 15.5 Å². The van der Waals surface area contributed by atoms with Crippen molar-refractivity contribution in [1.29, 1.82) is 0 Å². The number of hydrogen-bond donors (Lipinski definition) is 1. The van der Waals surface area contributed by atoms with Crippen LogP contribution in [-0.4, -0.2) is 17.8 Å². The lowest BCUT2D eigenvalue weighted by molar-refractivity contribution is 0.415. The Bertz CT molecular complexity index is 581. The van der Waals surface area contributed by atoms with E-state index in [-0.39, 0.29) is 0 Å². The number of pyridine rings is 1. The smallest absolute Gasteiger partial charge is 0.147 e. The highest BCUT2D eigenvalue weighted by molar-refractivity contribution is 6.29. The van der Waals surface area contributed by atoms with Crippen LogP contribution in [0.1, 0.15) is 12.5 Å². The van der Waals surface area contributed by atoms with Crippen molar-refractivity contribution in [1.82, 2.24) is 4.98 Å². The summed E-state index contributed by atoms with van der Waals surface area (Å²) in [6.45, 7) is 1.92. The molecule has 1 heterocycles. The minimum Gasteiger partial charge on any atom is -0.497 e. The highest BCUT2D eigenvalue weighted by atomic mass is 35.5. The summed E-state index contributed by atoms with van der Waals surface area (Å²) >= 11 is 5.80. The molecule has 98 valence electrons. The molecule has 0 aliphatic heterocycles. The van der Waals surface area contributed by atoms with Crippen LogP contribution < -0.4 is 10.2 Å². The molecule has 19 heavy (non-hydrogen) atoms. The number of benzene rings is 1. The van der Waals surface area contributed by atoms with Crippen LogP contribution in [0.5, 0.6) is 5.75 Å². The highest BCUT2D eigenvalue weighted by Crippen LogP contribution is 2.13. The third kappa shape index (κ3) is 3.69. The predicted molar refractivity (Wildman–Crippen MR) is 78.1 cm³/mol. The maximum Gasteiger partial charge on any atom is 0.147 e. The first-order chi connectivity index (χ1) is 9.19. The van der Waals surface area contributed by atoms with Gasteiger partial charge in [0.05, 0.1) is 12.8 Å². The fourth-order valence-corrected chi connectivity index (χ4v) is 1.67. The van der Waals surface area contributed by atoms with Crippen LogP contribution in [0, 0.1) is 0 Å². The van der Waals surface area contributed by atoms with E-state index in [1.165, 1.54) is 0 Å². The van der Waals surface area contributed by atoms with E-state index in [4.69, 9.17) is 16.3 Å². The monoisotopic (exact) mass is 275 g/mol. The van der Waals surface area contributed by atoms with Crippen LogP contribution in [0.2, 0.25) is 5.15 Å². The van der Waals surface area contributed by atoms with Crippen molar-refractivity contribution < 1.29 is 4.74 Å². The minimum atomic E-state index is 0.433. The summed E-state index contributed by atoms with van der Waals surface area (Å²) < 4.78 is 5.11. The van der Waals surface area contributed by atoms with Gasteiger partial charge < -0.3 is 4.74 Å². The van der Waals surface area contributed by atoms with Gasteiger partial charge in [0.25, 0.3) is 0 Å². The fraction of sp³-hybridized carbons (Fsp3) is 0.143. The molecule has 4 nitrogen and oxygen atoms in total. The lowest BCUT2D eigenvalue weighted by Gasteiger charge is -2.04. The van der Waals surface area contributed by atoms with E-state index in [0.29, 0.717) is 11.0 Å². The van der Waals surface area contributed by atoms with E-state index in [9.17, 15) is 0 Å². The Morgan fingerprint density at radius 2 is 1.95 bits per heavy atom. The summed E-state index contributed by atoms with van der Waals surface area (Å²) in [6.07, 6.45) is 0. The predicted octanol–water partition coefficient (Wildman–Crippen LogP) is 3.58. The van der Waals surface area contributed by atoms with E-state index in [1.807, 2.05) is 37.3 Å². The van der Waals surface area contributed by atoms with Crippen LogP contribution in [-0.2, 0) is 0 Å². The van der Waals surface area contributed by atoms with Gasteiger partial charge >= 0.3 is 0 Å². The van der Waals surface area contributed by atoms with Crippen LogP contribution in [0.15, 0.2) is 47.6 Å². The Morgan fingerprint density at radius 1 is 1.21 bits per heavy atom. The van der Waals surface area contributed by atoms with Gasteiger partial charge in [0.1, 0.15) is 16.7 Å². The Morgan fingerprint density at radius 3 is 2.58 bits per heavy atom. The van der Waals surface area contributed by atoms with Gasteiger partial charge in [-0.05, 0) is 48.9 Å². The molecule has 2 rings (SSSR count). The van der Waals surface area contributed by atoms with Gasteiger partial charge in [-0.2, -0.15) is 5.10 Å². The zero-order valence-corrected chi connectivity index (χ0v) is 11.5. The van der Waals surface area contributed by atoms with Gasteiger partial charge in [0.15, 0.2) is 0 Å². The molecule has 5 heteroatoms. The maximum absolute atomic E-state index is 5.80. The van der Waals surface area contributed by atoms with E-state index < -0.39 is 0 Å². The molecule has 0 aliphatic rings. The number of anilines is 1. The number of hydrazone groups is 1. The zero-order valence-electron chi connectivity index (χ0n) is 10.7. The number of ether oxygens (including phenoxy) is 1. The third-order valence-electron chi connectivity index (χ3n) is 2.56. The number of aromatic nitrogens is 1. The Labute approximate surface area is 117 Å². The molecule has 0 saturated heterocycles. The molecule has 1 N–H and O–H groups in total. The zero-order chi connectivity index (χ0) is 13.7. The first-order valence-corrected chi connectivity index (χ1v) is 6.14. The molecule has 0 saturated carbocycles. The van der Waals surface area contributed by atoms with Crippen molar-refractivity contribution >= 4 is 23.1 Å². The molecule has 0 atom stereocenters. The van der Waals surface area contributed by atoms with Crippen molar-refractivity contribution in [3.63, 3.8) is 0 Å². The van der Waals surface area contributed by atoms with Gasteiger partial charge in [-0.25, -0.2) is 4.98 Å². The second kappa shape index (κ2) is 6.20. The molecule has 0 aliphatic carbocycles. The SMILES string of the molecule is COc1ccc(C(C)=NNc2cccc(Cl)n2)cc1. The molecule has 1 aromatic carbocycles. The largest absolute Gasteiger partial charge is 0.497 e. The van der Waals surface area contributed by atoms with Crippen LogP contribution in [0.4, 0.5) is 5.82 Å². The second-order valence-electron chi connectivity index (χ2n) is 3.88. The van der Waals surface area contributed by atoms with Crippen LogP contribution in [0.3, 0.4) is 0 Å². The molecular formula is C14H14ClN3O. The van der Waals surface area contributed by atoms with Crippen LogP contribution >= 0.6 is 11.6 Å². The average Bonchev–Trinajstić information content (AvgIpc) is 2.45. The standard InChI is InChI=1S/C14H14ClN3O/c1-10(11-6-8-12(19-2)9-7-11)17-18-14-5-3-4-13(15)16-14/h3-9H,1-2H3,(H,16,18). The second-order valence-corrected chi connectivity index (χ2v) is 4.27. The van der Waals surface area contributed by atoms with E-state index in [1.54, 1.807) is 19.2 Å². The number of hydrogen-bond acceptors (Lipinski definition) is 4. The van der Waals surface area contributed by atoms with Gasteiger partial charge in [-0.1, -0.05) is 17.7 Å². The average molecular weight is 276 g/mol. The number of nitrogens with one attached hydrogen (secondary N) is 1. The molecule has 0 radical (unpaired) electrons. The summed E-state index contributed by atoms with van der Waals surface area (Å²) in [5.74, 6) is 1.43. The van der Waals surface area contributed by atoms with Gasteiger partial charge in [-0.15, -0.1) is 0 Å². The summed E-state index contributed by atoms with van der Waals surface area (Å²) in [5, 5.41) is 4.70. The normalized spacial score (nSPS) is 11.2. The first-order valence-electron chi connectivity index (χ1n) is 5.76. The molecule has 0 spiro atoms. The van der Waals surface area contributed by atoms with E-state index >= 15 is 0 Å². The van der Waals surface area contributed by atoms with Crippen molar-refractivity contribution in [2.45, 2.75) is 6.92 Å². The molecule has 0 unspecified atom stereocenters. The quantitative estimate of drug-likeness (QED) is 0.527. The molecule has 0 fully saturated rings. The minimum absolute atomic E-state index is 0.433. The number of nitrogens with zero attached hydrogens (tertiary/aromatic N) is 2. The summed E-state index contributed by atoms with van der Waals surface area (Å²) in [7, 11) is 1.64. The Hall–Kier alpha value is -2.07. The summed E-state index contributed by atoms with van der Waals surface area (Å²) in [4.78, 5) is 4.09. The lowest BCUT2D eigenvalue weighted by Crippen LogP contribution is -2.00. The van der Waals surface area contributed by atoms with Crippen molar-refractivity contribution in [2.24, 2.45) is 5.10 Å². The van der Waals surface area contributed by atoms with Crippen molar-refractivity contribution in [2.75, 3.05) is 12.5 Å². The molecule has 1 aromatic heterocycles. The molecule has 2 aromatic rings. The maximum atomic E-state index is 5.80. The van der Waals surface area contributed by atoms with Gasteiger partial charge in [0, 0.05) is 0 Å². The van der Waals surface area contributed by atoms with Gasteiger partial charge in [0.2, 0.25) is 0 Å². The Balaban J connectivity index is 2.09. The fourth-order valence-electron chi connectivity index (χ4n) is 1.51. The molecule has 0 bridgehead atoms. The number of methoxy groups -OCH3 is 1. The summed E-state index contributed by atoms with van der Waals surface area (Å²) in [6, 6.07) is 13.0. The highest BCUT2D eigenvalue weighted by Gasteiger charge is 1.99. The third-order valence-corrected chi connectivity index (χ3v) is 2.77. The Kier molecular flexibility index (Phi) is 4.36. The number of rotatable bonds is 4. The molecule has 0 amide bonds. The number of halogens is 1. The van der Waals surface area contributed by atoms with Crippen LogP contribution in [0.25, 0.3) is 0 Å². The van der Waals surface area contributed by atoms with Crippen molar-refractivity contribution in [3.05, 3.63) is 53.2 Å².